The van der Waals surface area contributed by atoms with Gasteiger partial charge in [-0.1, -0.05) is 6.07 Å². The molecule has 0 radical (unpaired) electrons. The molecule has 0 amide bonds. The van der Waals surface area contributed by atoms with Crippen molar-refractivity contribution in [2.24, 2.45) is 0 Å². The van der Waals surface area contributed by atoms with Gasteiger partial charge in [0.25, 0.3) is 0 Å². The van der Waals surface area contributed by atoms with E-state index in [0.717, 1.165) is 16.9 Å². The maximum absolute atomic E-state index is 6.04. The van der Waals surface area contributed by atoms with Crippen LogP contribution in [0.25, 0.3) is 11.3 Å². The lowest BCUT2D eigenvalue weighted by Gasteiger charge is -2.32. The summed E-state index contributed by atoms with van der Waals surface area (Å²) in [6.45, 7) is 8.17. The van der Waals surface area contributed by atoms with Crippen molar-refractivity contribution < 1.29 is 9.31 Å². The summed E-state index contributed by atoms with van der Waals surface area (Å²) in [6, 6.07) is 9.77. The third-order valence-corrected chi connectivity index (χ3v) is 4.24. The highest BCUT2D eigenvalue weighted by Crippen LogP contribution is 2.36. The topological polar surface area (TPSA) is 44.2 Å². The zero-order valence-electron chi connectivity index (χ0n) is 12.8. The molecule has 0 N–H and O–H groups in total. The number of hydrogen-bond donors (Lipinski definition) is 0. The fraction of sp³-hybridized carbons (Fsp3) is 0.375. The molecule has 3 heterocycles. The zero-order valence-corrected chi connectivity index (χ0v) is 12.8. The van der Waals surface area contributed by atoms with Gasteiger partial charge in [-0.25, -0.2) is 0 Å². The van der Waals surface area contributed by atoms with Gasteiger partial charge < -0.3 is 9.31 Å². The van der Waals surface area contributed by atoms with Crippen molar-refractivity contribution in [2.75, 3.05) is 0 Å². The largest absolute Gasteiger partial charge is 0.514 e. The summed E-state index contributed by atoms with van der Waals surface area (Å²) in [5.74, 6) is 0. The Kier molecular flexibility index (Phi) is 3.34. The molecule has 0 bridgehead atoms. The van der Waals surface area contributed by atoms with Crippen LogP contribution in [0.4, 0.5) is 0 Å². The molecule has 2 aromatic heterocycles. The van der Waals surface area contributed by atoms with E-state index in [4.69, 9.17) is 9.31 Å². The second-order valence-electron chi connectivity index (χ2n) is 6.27. The Labute approximate surface area is 125 Å². The van der Waals surface area contributed by atoms with E-state index in [1.165, 1.54) is 0 Å². The molecule has 4 nitrogen and oxygen atoms in total. The Hall–Kier alpha value is -1.72. The molecule has 0 saturated carbocycles. The highest BCUT2D eigenvalue weighted by Gasteiger charge is 2.52. The van der Waals surface area contributed by atoms with Gasteiger partial charge in [0.2, 0.25) is 0 Å². The van der Waals surface area contributed by atoms with E-state index >= 15 is 0 Å². The Morgan fingerprint density at radius 2 is 1.52 bits per heavy atom. The van der Waals surface area contributed by atoms with Crippen LogP contribution in [-0.4, -0.2) is 28.3 Å². The highest BCUT2D eigenvalue weighted by molar-refractivity contribution is 6.61. The van der Waals surface area contributed by atoms with Crippen LogP contribution < -0.4 is 5.59 Å². The van der Waals surface area contributed by atoms with Crippen LogP contribution in [0.5, 0.6) is 0 Å². The number of aromatic nitrogens is 2. The van der Waals surface area contributed by atoms with Gasteiger partial charge >= 0.3 is 7.12 Å². The summed E-state index contributed by atoms with van der Waals surface area (Å²) in [5, 5.41) is 0. The van der Waals surface area contributed by atoms with Gasteiger partial charge in [-0.15, -0.1) is 0 Å². The molecule has 1 saturated heterocycles. The summed E-state index contributed by atoms with van der Waals surface area (Å²) >= 11 is 0. The normalized spacial score (nSPS) is 19.7. The summed E-state index contributed by atoms with van der Waals surface area (Å²) < 4.78 is 12.1. The zero-order chi connectivity index (χ0) is 15.1. The minimum Gasteiger partial charge on any atom is -0.398 e. The molecule has 1 aliphatic rings. The second-order valence-corrected chi connectivity index (χ2v) is 6.27. The van der Waals surface area contributed by atoms with Crippen LogP contribution in [-0.2, 0) is 9.31 Å². The van der Waals surface area contributed by atoms with Gasteiger partial charge in [-0.2, -0.15) is 0 Å². The number of nitrogens with zero attached hydrogens (tertiary/aromatic N) is 2. The van der Waals surface area contributed by atoms with Crippen LogP contribution in [0.1, 0.15) is 27.7 Å². The molecule has 3 rings (SSSR count). The molecule has 1 fully saturated rings. The quantitative estimate of drug-likeness (QED) is 0.794. The predicted molar refractivity (Wildman–Crippen MR) is 83.2 cm³/mol. The lowest BCUT2D eigenvalue weighted by molar-refractivity contribution is 0.00578. The predicted octanol–water partition coefficient (Wildman–Crippen LogP) is 2.44. The summed E-state index contributed by atoms with van der Waals surface area (Å²) in [5.41, 5.74) is 2.01. The monoisotopic (exact) mass is 282 g/mol. The second kappa shape index (κ2) is 4.93. The van der Waals surface area contributed by atoms with E-state index in [-0.39, 0.29) is 11.2 Å². The number of pyridine rings is 2. The fourth-order valence-electron chi connectivity index (χ4n) is 2.23. The van der Waals surface area contributed by atoms with Crippen LogP contribution in [0.3, 0.4) is 0 Å². The Morgan fingerprint density at radius 1 is 0.905 bits per heavy atom. The number of hydrogen-bond acceptors (Lipinski definition) is 4. The molecule has 0 aliphatic carbocycles. The minimum absolute atomic E-state index is 0.355. The van der Waals surface area contributed by atoms with Gasteiger partial charge in [-0.05, 0) is 52.0 Å². The fourth-order valence-corrected chi connectivity index (χ4v) is 2.23. The Balaban J connectivity index is 1.92. The van der Waals surface area contributed by atoms with Gasteiger partial charge in [0.05, 0.1) is 22.5 Å². The van der Waals surface area contributed by atoms with Gasteiger partial charge in [0.1, 0.15) is 0 Å². The van der Waals surface area contributed by atoms with Gasteiger partial charge in [-0.3, -0.25) is 9.97 Å². The van der Waals surface area contributed by atoms with Crippen molar-refractivity contribution in [2.45, 2.75) is 38.9 Å². The first-order valence-electron chi connectivity index (χ1n) is 7.12. The molecule has 108 valence electrons. The van der Waals surface area contributed by atoms with Crippen LogP contribution >= 0.6 is 0 Å². The molecule has 0 aromatic carbocycles. The maximum atomic E-state index is 6.04. The summed E-state index contributed by atoms with van der Waals surface area (Å²) in [6.07, 6.45) is 3.52. The molecule has 1 aliphatic heterocycles. The standard InChI is InChI=1S/C16H19BN2O2/c1-15(2)16(3,4)21-17(20-15)14-7-5-6-13(19-14)12-8-10-18-11-9-12/h5-11H,1-4H3. The third-order valence-electron chi connectivity index (χ3n) is 4.24. The van der Waals surface area contributed by atoms with Crippen molar-refractivity contribution in [1.82, 2.24) is 9.97 Å². The summed E-state index contributed by atoms with van der Waals surface area (Å²) in [4.78, 5) is 8.71. The Bertz CT molecular complexity index is 628. The molecule has 5 heteroatoms. The number of rotatable bonds is 2. The average molecular weight is 282 g/mol. The van der Waals surface area contributed by atoms with Crippen molar-refractivity contribution in [3.8, 4) is 11.3 Å². The maximum Gasteiger partial charge on any atom is 0.514 e. The summed E-state index contributed by atoms with van der Waals surface area (Å²) in [7, 11) is -0.434. The van der Waals surface area contributed by atoms with Crippen molar-refractivity contribution >= 4 is 12.7 Å². The van der Waals surface area contributed by atoms with E-state index in [2.05, 4.69) is 9.97 Å². The van der Waals surface area contributed by atoms with E-state index in [1.54, 1.807) is 12.4 Å². The first-order valence-corrected chi connectivity index (χ1v) is 7.12. The first kappa shape index (κ1) is 14.2. The van der Waals surface area contributed by atoms with E-state index in [1.807, 2.05) is 58.0 Å². The van der Waals surface area contributed by atoms with Crippen LogP contribution in [0, 0.1) is 0 Å². The third kappa shape index (κ3) is 2.59. The molecular formula is C16H19BN2O2. The first-order chi connectivity index (χ1) is 9.89. The molecular weight excluding hydrogens is 263 g/mol. The highest BCUT2D eigenvalue weighted by atomic mass is 16.7. The van der Waals surface area contributed by atoms with E-state index < -0.39 is 7.12 Å². The van der Waals surface area contributed by atoms with Crippen LogP contribution in [0.15, 0.2) is 42.7 Å². The molecule has 2 aromatic rings. The lowest BCUT2D eigenvalue weighted by Crippen LogP contribution is -2.41. The average Bonchev–Trinajstić information content (AvgIpc) is 2.69. The molecule has 21 heavy (non-hydrogen) atoms. The van der Waals surface area contributed by atoms with Crippen molar-refractivity contribution in [3.63, 3.8) is 0 Å². The minimum atomic E-state index is -0.434. The van der Waals surface area contributed by atoms with Crippen LogP contribution in [0.2, 0.25) is 0 Å². The Morgan fingerprint density at radius 3 is 2.14 bits per heavy atom. The van der Waals surface area contributed by atoms with Crippen molar-refractivity contribution in [1.29, 1.82) is 0 Å². The lowest BCUT2D eigenvalue weighted by atomic mass is 9.84. The smallest absolute Gasteiger partial charge is 0.398 e. The molecule has 0 spiro atoms. The van der Waals surface area contributed by atoms with E-state index in [0.29, 0.717) is 0 Å². The molecule has 0 unspecified atom stereocenters. The molecule has 0 atom stereocenters. The van der Waals surface area contributed by atoms with Gasteiger partial charge in [0, 0.05) is 18.0 Å². The van der Waals surface area contributed by atoms with Crippen molar-refractivity contribution in [3.05, 3.63) is 42.7 Å². The van der Waals surface area contributed by atoms with Gasteiger partial charge in [0.15, 0.2) is 0 Å². The SMILES string of the molecule is CC1(C)OB(c2cccc(-c3ccncc3)n2)OC1(C)C. The van der Waals surface area contributed by atoms with E-state index in [9.17, 15) is 0 Å².